The third-order valence-electron chi connectivity index (χ3n) is 4.16. The van der Waals surface area contributed by atoms with E-state index < -0.39 is 0 Å². The van der Waals surface area contributed by atoms with Gasteiger partial charge in [0, 0.05) is 73.0 Å². The van der Waals surface area contributed by atoms with Crippen LogP contribution >= 0.6 is 38.6 Å². The van der Waals surface area contributed by atoms with E-state index in [4.69, 9.17) is 14.7 Å². The summed E-state index contributed by atoms with van der Waals surface area (Å²) >= 11 is 6.66. The van der Waals surface area contributed by atoms with E-state index >= 15 is 0 Å². The van der Waals surface area contributed by atoms with Gasteiger partial charge < -0.3 is 40.8 Å². The summed E-state index contributed by atoms with van der Waals surface area (Å²) in [7, 11) is 4.01. The van der Waals surface area contributed by atoms with E-state index in [1.165, 1.54) is 18.1 Å². The van der Waals surface area contributed by atoms with Gasteiger partial charge >= 0.3 is 0 Å². The number of alkyl halides is 1. The molecular formula is C27H46Br2N5O2S2-. The molecule has 0 fully saturated rings. The monoisotopic (exact) mass is 694 g/mol. The molecule has 0 N–H and O–H groups in total. The maximum absolute atomic E-state index is 7.32. The molecule has 1 aliphatic rings. The number of hydrogen-bond acceptors (Lipinski definition) is 8. The molecule has 7 nitrogen and oxygen atoms in total. The predicted molar refractivity (Wildman–Crippen MR) is 166 cm³/mol. The van der Waals surface area contributed by atoms with Crippen LogP contribution in [0.2, 0.25) is 0 Å². The minimum atomic E-state index is 0. The molecule has 0 aliphatic carbocycles. The molecule has 0 atom stereocenters. The number of aromatic nitrogens is 2. The lowest BCUT2D eigenvalue weighted by Crippen LogP contribution is -3.00. The minimum absolute atomic E-state index is 0. The van der Waals surface area contributed by atoms with Gasteiger partial charge in [0.05, 0.1) is 32.2 Å². The summed E-state index contributed by atoms with van der Waals surface area (Å²) in [6.07, 6.45) is 9.57. The highest BCUT2D eigenvalue weighted by molar-refractivity contribution is 9.09. The quantitative estimate of drug-likeness (QED) is 0.331. The number of imidazole rings is 1. The fourth-order valence-electron chi connectivity index (χ4n) is 2.47. The molecule has 0 saturated carbocycles. The van der Waals surface area contributed by atoms with Gasteiger partial charge in [-0.3, -0.25) is 0 Å². The maximum atomic E-state index is 7.32. The summed E-state index contributed by atoms with van der Waals surface area (Å²) in [5, 5.41) is 16.5. The predicted octanol–water partition coefficient (Wildman–Crippen LogP) is 4.80. The summed E-state index contributed by atoms with van der Waals surface area (Å²) in [6, 6.07) is 1.75. The van der Waals surface area contributed by atoms with Gasteiger partial charge in [0.15, 0.2) is 0 Å². The van der Waals surface area contributed by atoms with Gasteiger partial charge in [-0.2, -0.15) is 5.26 Å². The van der Waals surface area contributed by atoms with Crippen molar-refractivity contribution in [2.24, 2.45) is 7.05 Å². The van der Waals surface area contributed by atoms with E-state index in [0.29, 0.717) is 0 Å². The molecule has 0 spiro atoms. The van der Waals surface area contributed by atoms with Crippen molar-refractivity contribution >= 4 is 38.6 Å². The zero-order chi connectivity index (χ0) is 25.2. The molecule has 218 valence electrons. The summed E-state index contributed by atoms with van der Waals surface area (Å²) in [5.41, 5.74) is 2.46. The van der Waals surface area contributed by atoms with Crippen LogP contribution in [0.1, 0.15) is 40.3 Å². The topological polar surface area (TPSA) is 66.6 Å². The van der Waals surface area contributed by atoms with Gasteiger partial charge in [0.1, 0.15) is 18.1 Å². The fourth-order valence-corrected chi connectivity index (χ4v) is 4.17. The number of rotatable bonds is 7. The van der Waals surface area contributed by atoms with Gasteiger partial charge in [-0.15, -0.1) is 22.7 Å². The van der Waals surface area contributed by atoms with Crippen LogP contribution in [-0.4, -0.2) is 58.2 Å². The number of aryl methyl sites for hydroxylation is 3. The van der Waals surface area contributed by atoms with Crippen molar-refractivity contribution < 1.29 is 26.5 Å². The van der Waals surface area contributed by atoms with E-state index in [0.717, 1.165) is 43.3 Å². The second-order valence-corrected chi connectivity index (χ2v) is 9.46. The highest BCUT2D eigenvalue weighted by Crippen LogP contribution is 2.22. The molecule has 0 bridgehead atoms. The maximum Gasteiger partial charge on any atom is 0.132 e. The molecule has 4 rings (SSSR count). The molecule has 0 amide bonds. The number of nitrogens with zero attached hydrogens (tertiary/aromatic N) is 5. The Morgan fingerprint density at radius 2 is 1.50 bits per heavy atom. The second-order valence-electron chi connectivity index (χ2n) is 7.18. The van der Waals surface area contributed by atoms with Gasteiger partial charge in [-0.1, -0.05) is 38.2 Å². The smallest absolute Gasteiger partial charge is 0.132 e. The number of halogens is 2. The van der Waals surface area contributed by atoms with E-state index in [1.807, 2.05) is 23.2 Å². The molecule has 11 heteroatoms. The molecule has 38 heavy (non-hydrogen) atoms. The standard InChI is InChI=1S/C11H16N2OS.C7H9BrOS.C4H6N2.C2H3N.3CH4.BrH/c1-10-7-15-8-11(10)14-6-5-13-4-3-12(2)9-13;1-6-4-10-5-7(6)9-3-2-8;1-6-3-2-5-4-6;1-2-3;;;;/h3-4,7-8H,5-6,9H2,1-2H3;4-5H,2-3H2,1H3;2-4H,1H3;1H3;3*1H4;1H/p-1. The zero-order valence-electron chi connectivity index (χ0n) is 20.9. The zero-order valence-corrected chi connectivity index (χ0v) is 25.7. The van der Waals surface area contributed by atoms with Gasteiger partial charge in [0.2, 0.25) is 0 Å². The average Bonchev–Trinajstić information content (AvgIpc) is 3.61. The Hall–Kier alpha value is -2.00. The molecule has 0 unspecified atom stereocenters. The first-order chi connectivity index (χ1) is 16.4. The lowest BCUT2D eigenvalue weighted by Gasteiger charge is -2.18. The highest BCUT2D eigenvalue weighted by atomic mass is 79.9. The Morgan fingerprint density at radius 3 is 1.82 bits per heavy atom. The highest BCUT2D eigenvalue weighted by Gasteiger charge is 2.08. The molecule has 3 aromatic rings. The lowest BCUT2D eigenvalue weighted by molar-refractivity contribution is -0.00000949. The van der Waals surface area contributed by atoms with Crippen LogP contribution in [0.15, 0.2) is 52.6 Å². The number of thiophene rings is 2. The molecule has 0 radical (unpaired) electrons. The number of nitriles is 1. The third kappa shape index (κ3) is 19.1. The van der Waals surface area contributed by atoms with Crippen molar-refractivity contribution in [3.63, 3.8) is 0 Å². The molecule has 4 heterocycles. The van der Waals surface area contributed by atoms with E-state index in [9.17, 15) is 0 Å². The van der Waals surface area contributed by atoms with E-state index in [2.05, 4.69) is 80.1 Å². The van der Waals surface area contributed by atoms with Crippen molar-refractivity contribution in [1.82, 2.24) is 19.4 Å². The third-order valence-corrected chi connectivity index (χ3v) is 6.16. The number of hydrogen-bond donors (Lipinski definition) is 0. The first kappa shape index (κ1) is 43.1. The lowest BCUT2D eigenvalue weighted by atomic mass is 10.4. The second kappa shape index (κ2) is 26.6. The fraction of sp³-hybridized carbons (Fsp3) is 0.481. The normalized spacial score (nSPS) is 10.1. The van der Waals surface area contributed by atoms with Crippen LogP contribution in [-0.2, 0) is 7.05 Å². The molecule has 0 saturated heterocycles. The Labute approximate surface area is 258 Å². The summed E-state index contributed by atoms with van der Waals surface area (Å²) in [5.74, 6) is 2.04. The largest absolute Gasteiger partial charge is 1.00 e. The summed E-state index contributed by atoms with van der Waals surface area (Å²) in [4.78, 5) is 8.17. The van der Waals surface area contributed by atoms with Crippen molar-refractivity contribution in [2.75, 3.05) is 38.8 Å². The van der Waals surface area contributed by atoms with Crippen molar-refractivity contribution in [3.05, 3.63) is 63.8 Å². The van der Waals surface area contributed by atoms with Crippen LogP contribution in [0.25, 0.3) is 0 Å². The van der Waals surface area contributed by atoms with Crippen LogP contribution in [0.4, 0.5) is 0 Å². The molecule has 1 aliphatic heterocycles. The number of ether oxygens (including phenoxy) is 2. The van der Waals surface area contributed by atoms with Gasteiger partial charge in [-0.05, 0) is 24.6 Å². The molecule has 3 aromatic heterocycles. The summed E-state index contributed by atoms with van der Waals surface area (Å²) < 4.78 is 13.0. The first-order valence-electron chi connectivity index (χ1n) is 10.6. The van der Waals surface area contributed by atoms with E-state index in [1.54, 1.807) is 41.3 Å². The van der Waals surface area contributed by atoms with Crippen LogP contribution in [0.3, 0.4) is 0 Å². The van der Waals surface area contributed by atoms with Crippen LogP contribution in [0.5, 0.6) is 11.5 Å². The van der Waals surface area contributed by atoms with Gasteiger partial charge in [0.25, 0.3) is 0 Å². The SMILES string of the molecule is C.C.C.CC#N.Cc1cscc1OCCBr.Cc1cscc1OCCN1C=CN(C)C1.Cn1ccnc1.[Br-]. The Morgan fingerprint density at radius 1 is 0.974 bits per heavy atom. The Balaban J connectivity index is -0.000000221. The molecule has 0 aromatic carbocycles. The van der Waals surface area contributed by atoms with Crippen molar-refractivity contribution in [3.8, 4) is 17.6 Å². The first-order valence-corrected chi connectivity index (χ1v) is 13.6. The minimum Gasteiger partial charge on any atom is -1.00 e. The molecular weight excluding hydrogens is 650 g/mol. The van der Waals surface area contributed by atoms with Crippen LogP contribution < -0.4 is 26.5 Å². The van der Waals surface area contributed by atoms with Crippen LogP contribution in [0, 0.1) is 25.2 Å². The van der Waals surface area contributed by atoms with Crippen molar-refractivity contribution in [1.29, 1.82) is 5.26 Å². The Kier molecular flexibility index (Phi) is 30.1. The Bertz CT molecular complexity index is 972. The van der Waals surface area contributed by atoms with Crippen molar-refractivity contribution in [2.45, 2.75) is 43.1 Å². The van der Waals surface area contributed by atoms with Gasteiger partial charge in [-0.25, -0.2) is 4.98 Å². The average molecular weight is 697 g/mol. The summed E-state index contributed by atoms with van der Waals surface area (Å²) in [6.45, 7) is 8.96. The van der Waals surface area contributed by atoms with E-state index in [-0.39, 0.29) is 39.3 Å².